The van der Waals surface area contributed by atoms with Crippen LogP contribution in [0.5, 0.6) is 5.75 Å². The van der Waals surface area contributed by atoms with Crippen LogP contribution in [0, 0.1) is 11.8 Å². The molecule has 1 aromatic rings. The highest BCUT2D eigenvalue weighted by Crippen LogP contribution is 2.38. The van der Waals surface area contributed by atoms with E-state index in [1.165, 1.54) is 0 Å². The van der Waals surface area contributed by atoms with Crippen molar-refractivity contribution in [1.82, 2.24) is 10.2 Å². The van der Waals surface area contributed by atoms with Gasteiger partial charge in [0.15, 0.2) is 6.61 Å². The first kappa shape index (κ1) is 24.1. The van der Waals surface area contributed by atoms with Gasteiger partial charge in [0, 0.05) is 37.0 Å². The van der Waals surface area contributed by atoms with Crippen LogP contribution in [0.25, 0.3) is 0 Å². The molecule has 3 fully saturated rings. The molecule has 2 saturated carbocycles. The topological polar surface area (TPSA) is 77.1 Å². The molecule has 3 atom stereocenters. The predicted octanol–water partition coefficient (Wildman–Crippen LogP) is 3.16. The van der Waals surface area contributed by atoms with Gasteiger partial charge in [-0.15, -0.1) is 13.2 Å². The zero-order valence-electron chi connectivity index (χ0n) is 17.9. The van der Waals surface area contributed by atoms with Gasteiger partial charge in [-0.1, -0.05) is 11.6 Å². The molecule has 4 rings (SSSR count). The standard InChI is InChI=1S/C22H26ClF3N2O5/c23-15-1-3-17(4-2-15)31-11-20(29)27-16-5-13-9-28(10-14(13)6-16)21(30)12-32-18-7-19(8-18)33-22(24,25)26/h1-4,13-14,16,18-19H,5-12H2,(H,27,29)/t13-,14+,16+,18?,19?. The quantitative estimate of drug-likeness (QED) is 0.606. The van der Waals surface area contributed by atoms with Crippen LogP contribution in [0.4, 0.5) is 13.2 Å². The minimum absolute atomic E-state index is 0.0513. The van der Waals surface area contributed by atoms with Crippen molar-refractivity contribution < 1.29 is 37.0 Å². The Balaban J connectivity index is 1.11. The average molecular weight is 491 g/mol. The fraction of sp³-hybridized carbons (Fsp3) is 0.636. The number of rotatable bonds is 8. The third-order valence-electron chi connectivity index (χ3n) is 6.45. The summed E-state index contributed by atoms with van der Waals surface area (Å²) in [5.74, 6) is 0.847. The van der Waals surface area contributed by atoms with E-state index in [1.807, 2.05) is 0 Å². The summed E-state index contributed by atoms with van der Waals surface area (Å²) in [5.41, 5.74) is 0. The average Bonchev–Trinajstić information content (AvgIpc) is 3.26. The highest BCUT2D eigenvalue weighted by molar-refractivity contribution is 6.30. The highest BCUT2D eigenvalue weighted by Gasteiger charge is 2.44. The van der Waals surface area contributed by atoms with Crippen LogP contribution in [-0.4, -0.2) is 67.6 Å². The van der Waals surface area contributed by atoms with E-state index in [0.29, 0.717) is 35.7 Å². The Morgan fingerprint density at radius 1 is 1.00 bits per heavy atom. The number of hydrogen-bond donors (Lipinski definition) is 1. The largest absolute Gasteiger partial charge is 0.522 e. The number of nitrogens with one attached hydrogen (secondary N) is 1. The van der Waals surface area contributed by atoms with Gasteiger partial charge in [0.1, 0.15) is 12.4 Å². The third-order valence-corrected chi connectivity index (χ3v) is 6.70. The summed E-state index contributed by atoms with van der Waals surface area (Å²) in [4.78, 5) is 26.4. The first-order valence-electron chi connectivity index (χ1n) is 11.0. The number of benzene rings is 1. The summed E-state index contributed by atoms with van der Waals surface area (Å²) in [7, 11) is 0. The molecule has 0 unspecified atom stereocenters. The molecule has 0 bridgehead atoms. The molecule has 0 radical (unpaired) electrons. The van der Waals surface area contributed by atoms with Gasteiger partial charge in [-0.05, 0) is 48.9 Å². The van der Waals surface area contributed by atoms with E-state index in [1.54, 1.807) is 29.2 Å². The minimum Gasteiger partial charge on any atom is -0.484 e. The Morgan fingerprint density at radius 2 is 1.64 bits per heavy atom. The minimum atomic E-state index is -4.64. The molecule has 11 heteroatoms. The van der Waals surface area contributed by atoms with Crippen LogP contribution >= 0.6 is 11.6 Å². The lowest BCUT2D eigenvalue weighted by molar-refractivity contribution is -0.357. The molecule has 1 aromatic carbocycles. The van der Waals surface area contributed by atoms with Crippen molar-refractivity contribution >= 4 is 23.4 Å². The van der Waals surface area contributed by atoms with E-state index in [0.717, 1.165) is 12.8 Å². The van der Waals surface area contributed by atoms with E-state index in [4.69, 9.17) is 21.1 Å². The van der Waals surface area contributed by atoms with Gasteiger partial charge >= 0.3 is 6.36 Å². The fourth-order valence-corrected chi connectivity index (χ4v) is 4.92. The molecule has 1 N–H and O–H groups in total. The van der Waals surface area contributed by atoms with E-state index in [-0.39, 0.29) is 50.0 Å². The van der Waals surface area contributed by atoms with Gasteiger partial charge < -0.3 is 19.7 Å². The zero-order chi connectivity index (χ0) is 23.6. The van der Waals surface area contributed by atoms with Crippen LogP contribution in [0.1, 0.15) is 25.7 Å². The second kappa shape index (κ2) is 10.1. The smallest absolute Gasteiger partial charge is 0.484 e. The summed E-state index contributed by atoms with van der Waals surface area (Å²) >= 11 is 5.82. The highest BCUT2D eigenvalue weighted by atomic mass is 35.5. The molecule has 0 spiro atoms. The van der Waals surface area contributed by atoms with Crippen molar-refractivity contribution in [2.45, 2.75) is 50.3 Å². The maximum atomic E-state index is 12.4. The number of alkyl halides is 3. The number of carbonyl (C=O) groups is 2. The van der Waals surface area contributed by atoms with Crippen molar-refractivity contribution in [3.05, 3.63) is 29.3 Å². The zero-order valence-corrected chi connectivity index (χ0v) is 18.6. The maximum Gasteiger partial charge on any atom is 0.522 e. The SMILES string of the molecule is O=C(COc1ccc(Cl)cc1)N[C@H]1C[C@@H]2CN(C(=O)COC3CC(OC(F)(F)F)C3)C[C@@H]2C1. The number of likely N-dealkylation sites (tertiary alicyclic amines) is 1. The second-order valence-corrected chi connectivity index (χ2v) is 9.32. The van der Waals surface area contributed by atoms with E-state index >= 15 is 0 Å². The lowest BCUT2D eigenvalue weighted by Crippen LogP contribution is -2.43. The van der Waals surface area contributed by atoms with Gasteiger partial charge in [0.2, 0.25) is 5.91 Å². The Labute approximate surface area is 194 Å². The summed E-state index contributed by atoms with van der Waals surface area (Å²) < 4.78 is 51.3. The molecule has 1 saturated heterocycles. The number of hydrogen-bond acceptors (Lipinski definition) is 5. The number of carbonyl (C=O) groups excluding carboxylic acids is 2. The normalized spacial score (nSPS) is 28.8. The summed E-state index contributed by atoms with van der Waals surface area (Å²) in [6, 6.07) is 6.83. The molecule has 1 heterocycles. The van der Waals surface area contributed by atoms with Crippen LogP contribution in [0.15, 0.2) is 24.3 Å². The Bertz CT molecular complexity index is 833. The van der Waals surface area contributed by atoms with E-state index in [2.05, 4.69) is 10.1 Å². The molecule has 2 amide bonds. The Kier molecular flexibility index (Phi) is 7.35. The molecule has 7 nitrogen and oxygen atoms in total. The first-order valence-corrected chi connectivity index (χ1v) is 11.3. The number of ether oxygens (including phenoxy) is 3. The molecular weight excluding hydrogens is 465 g/mol. The first-order chi connectivity index (χ1) is 15.6. The molecule has 0 aromatic heterocycles. The number of halogens is 4. The van der Waals surface area contributed by atoms with Crippen LogP contribution in [0.2, 0.25) is 5.02 Å². The van der Waals surface area contributed by atoms with Gasteiger partial charge in [0.25, 0.3) is 5.91 Å². The van der Waals surface area contributed by atoms with Crippen LogP contribution < -0.4 is 10.1 Å². The molecule has 1 aliphatic heterocycles. The molecular formula is C22H26ClF3N2O5. The Hall–Kier alpha value is -2.04. The van der Waals surface area contributed by atoms with Crippen molar-refractivity contribution in [3.8, 4) is 5.75 Å². The number of amides is 2. The van der Waals surface area contributed by atoms with Crippen LogP contribution in [-0.2, 0) is 19.1 Å². The second-order valence-electron chi connectivity index (χ2n) is 8.89. The van der Waals surface area contributed by atoms with E-state index in [9.17, 15) is 22.8 Å². The van der Waals surface area contributed by atoms with Crippen molar-refractivity contribution in [3.63, 3.8) is 0 Å². The third kappa shape index (κ3) is 6.74. The summed E-state index contributed by atoms with van der Waals surface area (Å²) in [5, 5.41) is 3.59. The molecule has 2 aliphatic carbocycles. The maximum absolute atomic E-state index is 12.4. The number of nitrogens with zero attached hydrogens (tertiary/aromatic N) is 1. The number of fused-ring (bicyclic) bond motifs is 1. The van der Waals surface area contributed by atoms with Crippen molar-refractivity contribution in [2.24, 2.45) is 11.8 Å². The fourth-order valence-electron chi connectivity index (χ4n) is 4.79. The van der Waals surface area contributed by atoms with Gasteiger partial charge in [-0.3, -0.25) is 14.3 Å². The monoisotopic (exact) mass is 490 g/mol. The van der Waals surface area contributed by atoms with Gasteiger partial charge in [0.05, 0.1) is 12.2 Å². The molecule has 182 valence electrons. The molecule has 3 aliphatic rings. The van der Waals surface area contributed by atoms with E-state index < -0.39 is 12.5 Å². The lowest BCUT2D eigenvalue weighted by Gasteiger charge is -2.35. The van der Waals surface area contributed by atoms with Crippen molar-refractivity contribution in [1.29, 1.82) is 0 Å². The van der Waals surface area contributed by atoms with Crippen molar-refractivity contribution in [2.75, 3.05) is 26.3 Å². The summed E-state index contributed by atoms with van der Waals surface area (Å²) in [6.45, 7) is 0.993. The lowest BCUT2D eigenvalue weighted by atomic mass is 9.92. The van der Waals surface area contributed by atoms with Crippen LogP contribution in [0.3, 0.4) is 0 Å². The molecule has 33 heavy (non-hydrogen) atoms. The van der Waals surface area contributed by atoms with Gasteiger partial charge in [-0.2, -0.15) is 0 Å². The summed E-state index contributed by atoms with van der Waals surface area (Å²) in [6.07, 6.45) is -4.04. The van der Waals surface area contributed by atoms with Gasteiger partial charge in [-0.25, -0.2) is 0 Å². The Morgan fingerprint density at radius 3 is 2.24 bits per heavy atom. The predicted molar refractivity (Wildman–Crippen MR) is 112 cm³/mol.